The topological polar surface area (TPSA) is 44.8 Å². The molecular weight excluding hydrogens is 200 g/mol. The van der Waals surface area contributed by atoms with Crippen LogP contribution in [0.1, 0.15) is 6.92 Å². The van der Waals surface area contributed by atoms with Crippen LogP contribution in [0, 0.1) is 0 Å². The van der Waals surface area contributed by atoms with Crippen molar-refractivity contribution < 1.29 is 19.0 Å². The summed E-state index contributed by atoms with van der Waals surface area (Å²) in [6.45, 7) is 5.15. The molecule has 0 saturated heterocycles. The lowest BCUT2D eigenvalue weighted by atomic mass is 10.5. The Bertz CT molecular complexity index is 180. The van der Waals surface area contributed by atoms with Gasteiger partial charge in [-0.25, -0.2) is 4.79 Å². The highest BCUT2D eigenvalue weighted by atomic mass is 28.2. The Morgan fingerprint density at radius 2 is 2.07 bits per heavy atom. The predicted octanol–water partition coefficient (Wildman–Crippen LogP) is 0.803. The van der Waals surface area contributed by atoms with Gasteiger partial charge in [0, 0.05) is 20.3 Å². The summed E-state index contributed by atoms with van der Waals surface area (Å²) in [5, 5.41) is 0. The molecule has 4 nitrogen and oxygen atoms in total. The normalized spacial score (nSPS) is 12.6. The summed E-state index contributed by atoms with van der Waals surface area (Å²) in [5.74, 6) is -0.603. The third-order valence-electron chi connectivity index (χ3n) is 1.48. The largest absolute Gasteiger partial charge is 0.460 e. The summed E-state index contributed by atoms with van der Waals surface area (Å²) in [7, 11) is 3.62. The second-order valence-electron chi connectivity index (χ2n) is 2.66. The fourth-order valence-corrected chi connectivity index (χ4v) is 1.75. The lowest BCUT2D eigenvalue weighted by Gasteiger charge is -2.15. The van der Waals surface area contributed by atoms with Gasteiger partial charge in [-0.15, -0.1) is 0 Å². The van der Waals surface area contributed by atoms with E-state index in [1.54, 1.807) is 14.2 Å². The Labute approximate surface area is 87.0 Å². The maximum Gasteiger partial charge on any atom is 0.330 e. The highest BCUT2D eigenvalue weighted by Crippen LogP contribution is 2.01. The van der Waals surface area contributed by atoms with E-state index in [2.05, 4.69) is 6.58 Å². The standard InChI is InChI=1S/C9H16O4Si/c1-5-8(10)13-7(2)6-14-9(11-3)12-4/h5,7,9H,1,6H2,2-4H3. The molecule has 0 heterocycles. The van der Waals surface area contributed by atoms with Gasteiger partial charge in [-0.3, -0.25) is 0 Å². The van der Waals surface area contributed by atoms with Crippen molar-refractivity contribution in [2.75, 3.05) is 14.2 Å². The third kappa shape index (κ3) is 5.90. The van der Waals surface area contributed by atoms with Gasteiger partial charge in [-0.2, -0.15) is 0 Å². The molecule has 0 aliphatic carbocycles. The third-order valence-corrected chi connectivity index (χ3v) is 3.10. The van der Waals surface area contributed by atoms with Crippen molar-refractivity contribution in [3.05, 3.63) is 12.7 Å². The van der Waals surface area contributed by atoms with Gasteiger partial charge in [-0.1, -0.05) is 6.58 Å². The van der Waals surface area contributed by atoms with E-state index in [0.717, 1.165) is 12.1 Å². The van der Waals surface area contributed by atoms with Crippen molar-refractivity contribution in [2.45, 2.75) is 25.0 Å². The molecule has 0 fully saturated rings. The highest BCUT2D eigenvalue weighted by Gasteiger charge is 2.12. The lowest BCUT2D eigenvalue weighted by Crippen LogP contribution is -2.25. The molecule has 0 aromatic carbocycles. The minimum Gasteiger partial charge on any atom is -0.460 e. The second kappa shape index (κ2) is 7.72. The van der Waals surface area contributed by atoms with E-state index in [4.69, 9.17) is 14.2 Å². The van der Waals surface area contributed by atoms with Gasteiger partial charge in [0.25, 0.3) is 0 Å². The van der Waals surface area contributed by atoms with Crippen molar-refractivity contribution in [3.63, 3.8) is 0 Å². The Morgan fingerprint density at radius 3 is 2.50 bits per heavy atom. The zero-order valence-electron chi connectivity index (χ0n) is 8.78. The molecule has 0 aliphatic rings. The van der Waals surface area contributed by atoms with Crippen LogP contribution in [-0.2, 0) is 19.0 Å². The predicted molar refractivity (Wildman–Crippen MR) is 54.1 cm³/mol. The molecule has 0 saturated carbocycles. The molecule has 0 aromatic rings. The number of rotatable bonds is 7. The van der Waals surface area contributed by atoms with Crippen LogP contribution in [-0.4, -0.2) is 41.7 Å². The summed E-state index contributed by atoms with van der Waals surface area (Å²) >= 11 is 0. The first-order valence-corrected chi connectivity index (χ1v) is 5.54. The maximum atomic E-state index is 10.8. The van der Waals surface area contributed by atoms with Crippen molar-refractivity contribution >= 4 is 15.5 Å². The number of hydrogen-bond acceptors (Lipinski definition) is 4. The van der Waals surface area contributed by atoms with Crippen molar-refractivity contribution in [1.82, 2.24) is 0 Å². The van der Waals surface area contributed by atoms with Crippen molar-refractivity contribution in [3.8, 4) is 0 Å². The van der Waals surface area contributed by atoms with E-state index in [9.17, 15) is 4.79 Å². The molecule has 0 aliphatic heterocycles. The fourth-order valence-electron chi connectivity index (χ4n) is 0.813. The molecule has 80 valence electrons. The molecule has 0 amide bonds. The van der Waals surface area contributed by atoms with Gasteiger partial charge in [0.2, 0.25) is 0 Å². The summed E-state index contributed by atoms with van der Waals surface area (Å²) < 4.78 is 15.0. The average molecular weight is 216 g/mol. The van der Waals surface area contributed by atoms with E-state index >= 15 is 0 Å². The van der Waals surface area contributed by atoms with Gasteiger partial charge < -0.3 is 14.2 Å². The molecule has 0 N–H and O–H groups in total. The molecule has 0 spiro atoms. The smallest absolute Gasteiger partial charge is 0.330 e. The number of carbonyl (C=O) groups is 1. The zero-order valence-corrected chi connectivity index (χ0v) is 9.78. The number of methoxy groups -OCH3 is 2. The van der Waals surface area contributed by atoms with Crippen LogP contribution in [0.25, 0.3) is 0 Å². The monoisotopic (exact) mass is 216 g/mol. The zero-order chi connectivity index (χ0) is 11.0. The quantitative estimate of drug-likeness (QED) is 0.273. The van der Waals surface area contributed by atoms with Crippen LogP contribution in [0.2, 0.25) is 6.04 Å². The van der Waals surface area contributed by atoms with Gasteiger partial charge in [-0.05, 0) is 13.0 Å². The molecule has 5 heteroatoms. The van der Waals surface area contributed by atoms with Crippen LogP contribution >= 0.6 is 0 Å². The summed E-state index contributed by atoms with van der Waals surface area (Å²) in [4.78, 5) is 10.8. The SMILES string of the molecule is C=CC(=O)OC(C)C[Si]C(OC)OC. The van der Waals surface area contributed by atoms with Crippen LogP contribution in [0.15, 0.2) is 12.7 Å². The molecule has 0 rings (SSSR count). The molecule has 14 heavy (non-hydrogen) atoms. The van der Waals surface area contributed by atoms with Crippen LogP contribution in [0.3, 0.4) is 0 Å². The highest BCUT2D eigenvalue weighted by molar-refractivity contribution is 6.36. The van der Waals surface area contributed by atoms with Crippen LogP contribution < -0.4 is 0 Å². The second-order valence-corrected chi connectivity index (χ2v) is 3.95. The molecule has 0 aromatic heterocycles. The molecule has 1 unspecified atom stereocenters. The minimum absolute atomic E-state index is 0.133. The first kappa shape index (κ1) is 13.3. The summed E-state index contributed by atoms with van der Waals surface area (Å²) in [6.07, 6.45) is 1.02. The minimum atomic E-state index is -0.395. The molecule has 1 atom stereocenters. The number of hydrogen-bond donors (Lipinski definition) is 0. The van der Waals surface area contributed by atoms with E-state index in [1.807, 2.05) is 6.92 Å². The van der Waals surface area contributed by atoms with E-state index in [-0.39, 0.29) is 12.0 Å². The number of esters is 1. The Hall–Kier alpha value is -0.653. The lowest BCUT2D eigenvalue weighted by molar-refractivity contribution is -0.141. The van der Waals surface area contributed by atoms with Crippen molar-refractivity contribution in [1.29, 1.82) is 0 Å². The Balaban J connectivity index is 3.66. The first-order chi connectivity index (χ1) is 6.63. The van der Waals surface area contributed by atoms with E-state index in [0.29, 0.717) is 9.52 Å². The van der Waals surface area contributed by atoms with Gasteiger partial charge in [0.05, 0.1) is 6.10 Å². The van der Waals surface area contributed by atoms with Crippen LogP contribution in [0.5, 0.6) is 0 Å². The summed E-state index contributed by atoms with van der Waals surface area (Å²) in [6, 6.07) is 0.728. The average Bonchev–Trinajstić information content (AvgIpc) is 2.19. The van der Waals surface area contributed by atoms with Crippen LogP contribution in [0.4, 0.5) is 0 Å². The Morgan fingerprint density at radius 1 is 1.50 bits per heavy atom. The fraction of sp³-hybridized carbons (Fsp3) is 0.667. The number of ether oxygens (including phenoxy) is 3. The van der Waals surface area contributed by atoms with E-state index < -0.39 is 5.97 Å². The maximum absolute atomic E-state index is 10.8. The van der Waals surface area contributed by atoms with Gasteiger partial charge in [0.15, 0.2) is 0 Å². The summed E-state index contributed by atoms with van der Waals surface area (Å²) in [5.41, 5.74) is 0. The molecule has 2 radical (unpaired) electrons. The van der Waals surface area contributed by atoms with Crippen molar-refractivity contribution in [2.24, 2.45) is 0 Å². The molecular formula is C9H16O4Si. The number of carbonyl (C=O) groups excluding carboxylic acids is 1. The molecule has 0 bridgehead atoms. The van der Waals surface area contributed by atoms with E-state index in [1.165, 1.54) is 0 Å². The first-order valence-electron chi connectivity index (χ1n) is 4.26. The Kier molecular flexibility index (Phi) is 7.36. The van der Waals surface area contributed by atoms with Gasteiger partial charge in [0.1, 0.15) is 15.4 Å². The van der Waals surface area contributed by atoms with Gasteiger partial charge >= 0.3 is 5.97 Å².